The van der Waals surface area contributed by atoms with Gasteiger partial charge in [0.1, 0.15) is 5.75 Å². The number of rotatable bonds is 7. The zero-order valence-corrected chi connectivity index (χ0v) is 15.3. The zero-order chi connectivity index (χ0) is 18.1. The smallest absolute Gasteiger partial charge is 0.218 e. The summed E-state index contributed by atoms with van der Waals surface area (Å²) < 4.78 is 10.7. The van der Waals surface area contributed by atoms with Crippen molar-refractivity contribution in [2.75, 3.05) is 20.8 Å². The van der Waals surface area contributed by atoms with E-state index in [0.29, 0.717) is 19.0 Å². The lowest BCUT2D eigenvalue weighted by atomic mass is 10.1. The highest BCUT2D eigenvalue weighted by atomic mass is 16.5. The molecule has 25 heavy (non-hydrogen) atoms. The fourth-order valence-corrected chi connectivity index (χ4v) is 2.41. The first-order valence-electron chi connectivity index (χ1n) is 8.31. The molecule has 0 aliphatic heterocycles. The van der Waals surface area contributed by atoms with E-state index >= 15 is 0 Å². The van der Waals surface area contributed by atoms with Crippen LogP contribution in [-0.4, -0.2) is 31.7 Å². The number of pyridine rings is 1. The Morgan fingerprint density at radius 2 is 1.96 bits per heavy atom. The molecule has 2 rings (SSSR count). The van der Waals surface area contributed by atoms with Crippen molar-refractivity contribution < 1.29 is 9.47 Å². The Bertz CT molecular complexity index is 716. The lowest BCUT2D eigenvalue weighted by Crippen LogP contribution is -2.36. The average molecular weight is 342 g/mol. The zero-order valence-electron chi connectivity index (χ0n) is 15.3. The van der Waals surface area contributed by atoms with E-state index in [-0.39, 0.29) is 0 Å². The van der Waals surface area contributed by atoms with Gasteiger partial charge in [-0.3, -0.25) is 0 Å². The summed E-state index contributed by atoms with van der Waals surface area (Å²) in [7, 11) is 3.30. The van der Waals surface area contributed by atoms with Gasteiger partial charge in [0.2, 0.25) is 5.88 Å². The first-order valence-corrected chi connectivity index (χ1v) is 8.31. The van der Waals surface area contributed by atoms with Crippen molar-refractivity contribution in [3.05, 3.63) is 53.2 Å². The number of guanidine groups is 1. The lowest BCUT2D eigenvalue weighted by Gasteiger charge is -2.14. The van der Waals surface area contributed by atoms with Gasteiger partial charge in [-0.2, -0.15) is 0 Å². The molecule has 0 aliphatic rings. The lowest BCUT2D eigenvalue weighted by molar-refractivity contribution is 0.392. The number of hydrogen-bond acceptors (Lipinski definition) is 4. The quantitative estimate of drug-likeness (QED) is 0.598. The van der Waals surface area contributed by atoms with E-state index in [9.17, 15) is 0 Å². The molecule has 6 nitrogen and oxygen atoms in total. The molecule has 6 heteroatoms. The van der Waals surface area contributed by atoms with Crippen LogP contribution in [0.1, 0.15) is 23.6 Å². The number of methoxy groups -OCH3 is 2. The standard InChI is InChI=1S/C19H26N4O2/c1-5-20-19(23-13-16-7-6-10-21-18(16)25-4)22-12-15-9-8-14(2)11-17(15)24-3/h6-11H,5,12-13H2,1-4H3,(H2,20,22,23). The largest absolute Gasteiger partial charge is 0.496 e. The molecular weight excluding hydrogens is 316 g/mol. The third-order valence-electron chi connectivity index (χ3n) is 3.68. The Kier molecular flexibility index (Phi) is 7.07. The van der Waals surface area contributed by atoms with Crippen LogP contribution >= 0.6 is 0 Å². The van der Waals surface area contributed by atoms with Gasteiger partial charge in [-0.1, -0.05) is 18.2 Å². The van der Waals surface area contributed by atoms with E-state index in [2.05, 4.69) is 32.7 Å². The third kappa shape index (κ3) is 5.38. The van der Waals surface area contributed by atoms with Gasteiger partial charge in [-0.15, -0.1) is 0 Å². The molecule has 1 heterocycles. The van der Waals surface area contributed by atoms with Crippen molar-refractivity contribution >= 4 is 5.96 Å². The van der Waals surface area contributed by atoms with Gasteiger partial charge >= 0.3 is 0 Å². The second-order valence-electron chi connectivity index (χ2n) is 5.54. The fourth-order valence-electron chi connectivity index (χ4n) is 2.41. The Labute approximate surface area is 149 Å². The van der Waals surface area contributed by atoms with Crippen molar-refractivity contribution in [2.24, 2.45) is 4.99 Å². The van der Waals surface area contributed by atoms with Crippen LogP contribution in [-0.2, 0) is 13.1 Å². The van der Waals surface area contributed by atoms with Gasteiger partial charge in [0.25, 0.3) is 0 Å². The third-order valence-corrected chi connectivity index (χ3v) is 3.68. The normalized spacial score (nSPS) is 11.1. The number of benzene rings is 1. The molecule has 1 aromatic carbocycles. The van der Waals surface area contributed by atoms with Gasteiger partial charge in [-0.05, 0) is 31.5 Å². The second-order valence-corrected chi connectivity index (χ2v) is 5.54. The number of ether oxygens (including phenoxy) is 2. The van der Waals surface area contributed by atoms with E-state index in [1.165, 1.54) is 5.56 Å². The van der Waals surface area contributed by atoms with Gasteiger partial charge < -0.3 is 20.1 Å². The van der Waals surface area contributed by atoms with E-state index in [4.69, 9.17) is 9.47 Å². The number of nitrogens with one attached hydrogen (secondary N) is 2. The van der Waals surface area contributed by atoms with Crippen LogP contribution in [0, 0.1) is 6.92 Å². The van der Waals surface area contributed by atoms with Gasteiger partial charge in [0.15, 0.2) is 5.96 Å². The fraction of sp³-hybridized carbons (Fsp3) is 0.368. The summed E-state index contributed by atoms with van der Waals surface area (Å²) in [6.45, 7) is 5.97. The molecule has 2 N–H and O–H groups in total. The van der Waals surface area contributed by atoms with Gasteiger partial charge in [0, 0.05) is 30.4 Å². The molecule has 134 valence electrons. The maximum Gasteiger partial charge on any atom is 0.218 e. The van der Waals surface area contributed by atoms with Crippen LogP contribution in [0.4, 0.5) is 0 Å². The number of aromatic nitrogens is 1. The molecule has 0 amide bonds. The average Bonchev–Trinajstić information content (AvgIpc) is 2.64. The van der Waals surface area contributed by atoms with E-state index in [1.54, 1.807) is 20.4 Å². The van der Waals surface area contributed by atoms with E-state index in [1.807, 2.05) is 32.0 Å². The minimum atomic E-state index is 0.484. The van der Waals surface area contributed by atoms with Gasteiger partial charge in [0.05, 0.1) is 20.8 Å². The van der Waals surface area contributed by atoms with Crippen molar-refractivity contribution in [3.63, 3.8) is 0 Å². The summed E-state index contributed by atoms with van der Waals surface area (Å²) in [5, 5.41) is 6.58. The Morgan fingerprint density at radius 1 is 1.12 bits per heavy atom. The molecule has 0 atom stereocenters. The topological polar surface area (TPSA) is 67.8 Å². The summed E-state index contributed by atoms with van der Waals surface area (Å²) in [4.78, 5) is 8.81. The highest BCUT2D eigenvalue weighted by Crippen LogP contribution is 2.19. The summed E-state index contributed by atoms with van der Waals surface area (Å²) in [6.07, 6.45) is 1.71. The molecular formula is C19H26N4O2. The Hall–Kier alpha value is -2.76. The summed E-state index contributed by atoms with van der Waals surface area (Å²) in [5.74, 6) is 2.20. The molecule has 0 fully saturated rings. The van der Waals surface area contributed by atoms with E-state index in [0.717, 1.165) is 29.4 Å². The van der Waals surface area contributed by atoms with Crippen molar-refractivity contribution in [2.45, 2.75) is 26.9 Å². The van der Waals surface area contributed by atoms with Crippen LogP contribution in [0.15, 0.2) is 41.5 Å². The number of nitrogens with zero attached hydrogens (tertiary/aromatic N) is 2. The molecule has 0 bridgehead atoms. The molecule has 2 aromatic rings. The molecule has 0 aliphatic carbocycles. The first kappa shape index (κ1) is 18.6. The molecule has 0 radical (unpaired) electrons. The predicted molar refractivity (Wildman–Crippen MR) is 100 cm³/mol. The Morgan fingerprint density at radius 3 is 2.68 bits per heavy atom. The van der Waals surface area contributed by atoms with Crippen molar-refractivity contribution in [1.82, 2.24) is 15.6 Å². The van der Waals surface area contributed by atoms with E-state index < -0.39 is 0 Å². The first-order chi connectivity index (χ1) is 12.2. The highest BCUT2D eigenvalue weighted by molar-refractivity contribution is 5.79. The van der Waals surface area contributed by atoms with Crippen LogP contribution < -0.4 is 20.1 Å². The second kappa shape index (κ2) is 9.52. The van der Waals surface area contributed by atoms with Crippen LogP contribution in [0.25, 0.3) is 0 Å². The monoisotopic (exact) mass is 342 g/mol. The van der Waals surface area contributed by atoms with Crippen LogP contribution in [0.2, 0.25) is 0 Å². The highest BCUT2D eigenvalue weighted by Gasteiger charge is 2.06. The SMILES string of the molecule is CCNC(=NCc1cccnc1OC)NCc1ccc(C)cc1OC. The van der Waals surface area contributed by atoms with Crippen LogP contribution in [0.5, 0.6) is 11.6 Å². The molecule has 0 unspecified atom stereocenters. The maximum atomic E-state index is 5.45. The number of aliphatic imine (C=N–C) groups is 1. The van der Waals surface area contributed by atoms with Crippen molar-refractivity contribution in [1.29, 1.82) is 0 Å². The Balaban J connectivity index is 2.08. The molecule has 1 aromatic heterocycles. The molecule has 0 saturated heterocycles. The number of hydrogen-bond donors (Lipinski definition) is 2. The van der Waals surface area contributed by atoms with Crippen LogP contribution in [0.3, 0.4) is 0 Å². The van der Waals surface area contributed by atoms with Crippen molar-refractivity contribution in [3.8, 4) is 11.6 Å². The summed E-state index contributed by atoms with van der Waals surface area (Å²) in [5.41, 5.74) is 3.19. The number of aryl methyl sites for hydroxylation is 1. The van der Waals surface area contributed by atoms with Gasteiger partial charge in [-0.25, -0.2) is 9.98 Å². The molecule has 0 saturated carbocycles. The maximum absolute atomic E-state index is 5.45. The minimum Gasteiger partial charge on any atom is -0.496 e. The predicted octanol–water partition coefficient (Wildman–Crippen LogP) is 2.66. The summed E-state index contributed by atoms with van der Waals surface area (Å²) in [6, 6.07) is 10.0. The summed E-state index contributed by atoms with van der Waals surface area (Å²) >= 11 is 0. The minimum absolute atomic E-state index is 0.484. The molecule has 0 spiro atoms.